The molecule has 2 heterocycles. The van der Waals surface area contributed by atoms with Crippen LogP contribution in [0.25, 0.3) is 6.08 Å². The van der Waals surface area contributed by atoms with Crippen LogP contribution in [0.15, 0.2) is 24.3 Å². The highest BCUT2D eigenvalue weighted by Gasteiger charge is 2.18. The van der Waals surface area contributed by atoms with Gasteiger partial charge >= 0.3 is 0 Å². The molecule has 1 fully saturated rings. The minimum absolute atomic E-state index is 0.0317. The minimum Gasteiger partial charge on any atom is -0.486 e. The summed E-state index contributed by atoms with van der Waals surface area (Å²) in [4.78, 5) is 27.2. The first kappa shape index (κ1) is 17.3. The molecule has 1 saturated heterocycles. The first-order valence-corrected chi connectivity index (χ1v) is 8.49. The van der Waals surface area contributed by atoms with Crippen molar-refractivity contribution in [2.24, 2.45) is 5.73 Å². The van der Waals surface area contributed by atoms with Gasteiger partial charge in [-0.05, 0) is 30.2 Å². The van der Waals surface area contributed by atoms with Crippen LogP contribution in [-0.4, -0.2) is 67.6 Å². The molecule has 1 aromatic rings. The highest BCUT2D eigenvalue weighted by atomic mass is 16.6. The second-order valence-electron chi connectivity index (χ2n) is 6.16. The predicted octanol–water partition coefficient (Wildman–Crippen LogP) is 0.491. The van der Waals surface area contributed by atoms with Crippen LogP contribution in [0.3, 0.4) is 0 Å². The molecule has 1 aromatic carbocycles. The molecule has 2 aliphatic rings. The lowest BCUT2D eigenvalue weighted by molar-refractivity contribution is -0.125. The molecule has 3 rings (SSSR count). The zero-order valence-corrected chi connectivity index (χ0v) is 14.1. The van der Waals surface area contributed by atoms with Crippen molar-refractivity contribution in [3.8, 4) is 11.5 Å². The second-order valence-corrected chi connectivity index (χ2v) is 6.16. The standard InChI is InChI=1S/C18H23N3O4/c19-17(22)13-20-6-1-7-21(9-8-20)18(23)5-3-14-2-4-15-16(12-14)25-11-10-24-15/h2-5,12H,1,6-11,13H2,(H2,19,22). The van der Waals surface area contributed by atoms with E-state index in [2.05, 4.69) is 0 Å². The number of fused-ring (bicyclic) bond motifs is 1. The van der Waals surface area contributed by atoms with Gasteiger partial charge in [-0.1, -0.05) is 6.07 Å². The fraction of sp³-hybridized carbons (Fsp3) is 0.444. The molecule has 2 N–H and O–H groups in total. The lowest BCUT2D eigenvalue weighted by Gasteiger charge is -2.20. The summed E-state index contributed by atoms with van der Waals surface area (Å²) >= 11 is 0. The number of primary amides is 1. The average Bonchev–Trinajstić information content (AvgIpc) is 2.84. The Hall–Kier alpha value is -2.54. The SMILES string of the molecule is NC(=O)CN1CCCN(C(=O)C=Cc2ccc3c(c2)OCCO3)CC1. The molecule has 0 spiro atoms. The Morgan fingerprint density at radius 2 is 1.88 bits per heavy atom. The molecule has 7 heteroatoms. The summed E-state index contributed by atoms with van der Waals surface area (Å²) < 4.78 is 11.0. The maximum Gasteiger partial charge on any atom is 0.246 e. The van der Waals surface area contributed by atoms with Gasteiger partial charge in [0.2, 0.25) is 11.8 Å². The molecule has 2 aliphatic heterocycles. The minimum atomic E-state index is -0.335. The Bertz CT molecular complexity index is 674. The number of rotatable bonds is 4. The molecule has 0 aromatic heterocycles. The van der Waals surface area contributed by atoms with Crippen molar-refractivity contribution in [1.29, 1.82) is 0 Å². The van der Waals surface area contributed by atoms with E-state index < -0.39 is 0 Å². The maximum absolute atomic E-state index is 12.4. The molecular formula is C18H23N3O4. The number of benzene rings is 1. The largest absolute Gasteiger partial charge is 0.486 e. The third-order valence-corrected chi connectivity index (χ3v) is 4.26. The monoisotopic (exact) mass is 345 g/mol. The van der Waals surface area contributed by atoms with E-state index in [1.54, 1.807) is 17.1 Å². The third kappa shape index (κ3) is 4.73. The number of ether oxygens (including phenoxy) is 2. The van der Waals surface area contributed by atoms with Gasteiger partial charge in [0, 0.05) is 32.3 Å². The van der Waals surface area contributed by atoms with Crippen LogP contribution >= 0.6 is 0 Å². The van der Waals surface area contributed by atoms with Crippen molar-refractivity contribution in [3.05, 3.63) is 29.8 Å². The van der Waals surface area contributed by atoms with Gasteiger partial charge in [0.05, 0.1) is 6.54 Å². The van der Waals surface area contributed by atoms with Gasteiger partial charge in [-0.3, -0.25) is 14.5 Å². The Morgan fingerprint density at radius 3 is 2.68 bits per heavy atom. The highest BCUT2D eigenvalue weighted by molar-refractivity contribution is 5.92. The first-order chi connectivity index (χ1) is 12.1. The molecule has 0 unspecified atom stereocenters. The van der Waals surface area contributed by atoms with Crippen LogP contribution < -0.4 is 15.2 Å². The summed E-state index contributed by atoms with van der Waals surface area (Å²) in [5.74, 6) is 1.07. The van der Waals surface area contributed by atoms with Crippen molar-refractivity contribution in [3.63, 3.8) is 0 Å². The molecule has 25 heavy (non-hydrogen) atoms. The summed E-state index contributed by atoms with van der Waals surface area (Å²) in [6.45, 7) is 4.05. The number of hydrogen-bond donors (Lipinski definition) is 1. The fourth-order valence-electron chi connectivity index (χ4n) is 3.01. The fourth-order valence-corrected chi connectivity index (χ4v) is 3.01. The maximum atomic E-state index is 12.4. The number of nitrogens with two attached hydrogens (primary N) is 1. The molecule has 0 bridgehead atoms. The summed E-state index contributed by atoms with van der Waals surface area (Å²) in [6, 6.07) is 5.62. The van der Waals surface area contributed by atoms with Gasteiger partial charge in [0.1, 0.15) is 13.2 Å². The smallest absolute Gasteiger partial charge is 0.246 e. The number of hydrogen-bond acceptors (Lipinski definition) is 5. The van der Waals surface area contributed by atoms with Gasteiger partial charge in [-0.2, -0.15) is 0 Å². The van der Waals surface area contributed by atoms with Crippen LogP contribution in [0.4, 0.5) is 0 Å². The van der Waals surface area contributed by atoms with E-state index in [1.165, 1.54) is 0 Å². The highest BCUT2D eigenvalue weighted by Crippen LogP contribution is 2.31. The molecule has 2 amide bonds. The topological polar surface area (TPSA) is 85.1 Å². The van der Waals surface area contributed by atoms with Crippen molar-refractivity contribution in [1.82, 2.24) is 9.80 Å². The summed E-state index contributed by atoms with van der Waals surface area (Å²) in [6.07, 6.45) is 4.19. The molecule has 0 aliphatic carbocycles. The van der Waals surface area contributed by atoms with Gasteiger partial charge in [-0.25, -0.2) is 0 Å². The molecule has 7 nitrogen and oxygen atoms in total. The Labute approximate surface area is 147 Å². The summed E-state index contributed by atoms with van der Waals surface area (Å²) in [7, 11) is 0. The lowest BCUT2D eigenvalue weighted by Crippen LogP contribution is -2.37. The number of nitrogens with zero attached hydrogens (tertiary/aromatic N) is 2. The van der Waals surface area contributed by atoms with E-state index in [0.717, 1.165) is 24.3 Å². The number of carbonyl (C=O) groups excluding carboxylic acids is 2. The molecule has 0 saturated carbocycles. The van der Waals surface area contributed by atoms with Crippen molar-refractivity contribution < 1.29 is 19.1 Å². The van der Waals surface area contributed by atoms with Crippen LogP contribution in [0, 0.1) is 0 Å². The Morgan fingerprint density at radius 1 is 1.08 bits per heavy atom. The molecule has 0 atom stereocenters. The average molecular weight is 345 g/mol. The van der Waals surface area contributed by atoms with Crippen molar-refractivity contribution in [2.75, 3.05) is 45.9 Å². The third-order valence-electron chi connectivity index (χ3n) is 4.26. The number of carbonyl (C=O) groups is 2. The quantitative estimate of drug-likeness (QED) is 0.803. The van der Waals surface area contributed by atoms with Gasteiger partial charge in [-0.15, -0.1) is 0 Å². The molecule has 134 valence electrons. The lowest BCUT2D eigenvalue weighted by atomic mass is 10.1. The number of amides is 2. The van der Waals surface area contributed by atoms with E-state index in [-0.39, 0.29) is 18.4 Å². The molecule has 0 radical (unpaired) electrons. The summed E-state index contributed by atoms with van der Waals surface area (Å²) in [5, 5.41) is 0. The van der Waals surface area contributed by atoms with Crippen LogP contribution in [-0.2, 0) is 9.59 Å². The van der Waals surface area contributed by atoms with Crippen molar-refractivity contribution >= 4 is 17.9 Å². The normalized spacial score (nSPS) is 18.2. The van der Waals surface area contributed by atoms with E-state index in [4.69, 9.17) is 15.2 Å². The van der Waals surface area contributed by atoms with E-state index in [0.29, 0.717) is 38.6 Å². The first-order valence-electron chi connectivity index (χ1n) is 8.49. The van der Waals surface area contributed by atoms with Crippen LogP contribution in [0.1, 0.15) is 12.0 Å². The van der Waals surface area contributed by atoms with E-state index >= 15 is 0 Å². The van der Waals surface area contributed by atoms with E-state index in [9.17, 15) is 9.59 Å². The van der Waals surface area contributed by atoms with E-state index in [1.807, 2.05) is 23.1 Å². The molecular weight excluding hydrogens is 322 g/mol. The zero-order valence-electron chi connectivity index (χ0n) is 14.1. The van der Waals surface area contributed by atoms with Crippen LogP contribution in [0.2, 0.25) is 0 Å². The van der Waals surface area contributed by atoms with Gasteiger partial charge in [0.25, 0.3) is 0 Å². The van der Waals surface area contributed by atoms with Gasteiger partial charge < -0.3 is 20.1 Å². The van der Waals surface area contributed by atoms with Crippen LogP contribution in [0.5, 0.6) is 11.5 Å². The Kier molecular flexibility index (Phi) is 5.55. The Balaban J connectivity index is 1.58. The van der Waals surface area contributed by atoms with Crippen molar-refractivity contribution in [2.45, 2.75) is 6.42 Å². The zero-order chi connectivity index (χ0) is 17.6. The van der Waals surface area contributed by atoms with Gasteiger partial charge in [0.15, 0.2) is 11.5 Å². The second kappa shape index (κ2) is 8.02. The predicted molar refractivity (Wildman–Crippen MR) is 93.3 cm³/mol. The summed E-state index contributed by atoms with van der Waals surface area (Å²) in [5.41, 5.74) is 6.13.